The van der Waals surface area contributed by atoms with E-state index < -0.39 is 0 Å². The molecule has 1 saturated carbocycles. The van der Waals surface area contributed by atoms with Crippen LogP contribution in [0.5, 0.6) is 0 Å². The van der Waals surface area contributed by atoms with Crippen LogP contribution in [0, 0.1) is 0 Å². The predicted molar refractivity (Wildman–Crippen MR) is 68.1 cm³/mol. The van der Waals surface area contributed by atoms with Gasteiger partial charge in [-0.05, 0) is 25.7 Å². The van der Waals surface area contributed by atoms with Gasteiger partial charge in [0.25, 0.3) is 0 Å². The van der Waals surface area contributed by atoms with Gasteiger partial charge in [-0.2, -0.15) is 0 Å². The minimum atomic E-state index is 0.389. The highest BCUT2D eigenvalue weighted by molar-refractivity contribution is 7.99. The van der Waals surface area contributed by atoms with Gasteiger partial charge >= 0.3 is 0 Å². The first kappa shape index (κ1) is 11.3. The summed E-state index contributed by atoms with van der Waals surface area (Å²) < 4.78 is 5.60. The molecule has 0 amide bonds. The van der Waals surface area contributed by atoms with Crippen LogP contribution in [-0.4, -0.2) is 28.4 Å². The first-order valence-corrected chi connectivity index (χ1v) is 7.18. The van der Waals surface area contributed by atoms with Crippen LogP contribution in [0.3, 0.4) is 0 Å². The molecule has 1 atom stereocenters. The van der Waals surface area contributed by atoms with Crippen molar-refractivity contribution in [2.45, 2.75) is 42.7 Å². The van der Waals surface area contributed by atoms with Crippen LogP contribution in [0.1, 0.15) is 37.4 Å². The second-order valence-electron chi connectivity index (χ2n) is 4.71. The average molecular weight is 251 g/mol. The Kier molecular flexibility index (Phi) is 3.20. The molecule has 2 aliphatic rings. The van der Waals surface area contributed by atoms with Gasteiger partial charge in [-0.1, -0.05) is 0 Å². The minimum Gasteiger partial charge on any atom is -0.384 e. The fourth-order valence-electron chi connectivity index (χ4n) is 2.01. The van der Waals surface area contributed by atoms with Gasteiger partial charge in [0, 0.05) is 24.3 Å². The fraction of sp³-hybridized carbons (Fsp3) is 0.667. The monoisotopic (exact) mass is 251 g/mol. The number of hydrogen-bond donors (Lipinski definition) is 1. The predicted octanol–water partition coefficient (Wildman–Crippen LogP) is 2.21. The summed E-state index contributed by atoms with van der Waals surface area (Å²) >= 11 is 1.74. The lowest BCUT2D eigenvalue weighted by Gasteiger charge is -2.09. The number of anilines is 1. The summed E-state index contributed by atoms with van der Waals surface area (Å²) in [6.45, 7) is 0.907. The van der Waals surface area contributed by atoms with Crippen molar-refractivity contribution in [1.82, 2.24) is 9.97 Å². The average Bonchev–Trinajstić information content (AvgIpc) is 3.04. The highest BCUT2D eigenvalue weighted by Gasteiger charge is 2.27. The largest absolute Gasteiger partial charge is 0.384 e. The Balaban J connectivity index is 1.64. The number of rotatable bonds is 4. The molecule has 1 aromatic rings. The molecule has 1 aromatic heterocycles. The number of nitrogen functional groups attached to an aromatic ring is 1. The van der Waals surface area contributed by atoms with Crippen LogP contribution in [0.25, 0.3) is 0 Å². The van der Waals surface area contributed by atoms with Gasteiger partial charge in [-0.25, -0.2) is 9.97 Å². The number of ether oxygens (including phenoxy) is 1. The highest BCUT2D eigenvalue weighted by Crippen LogP contribution is 2.39. The molecule has 2 N–H and O–H groups in total. The molecule has 3 rings (SSSR count). The first-order chi connectivity index (χ1) is 8.31. The number of thioether (sulfide) groups is 1. The van der Waals surface area contributed by atoms with Crippen molar-refractivity contribution in [3.8, 4) is 0 Å². The molecule has 17 heavy (non-hydrogen) atoms. The number of nitrogens with zero attached hydrogens (tertiary/aromatic N) is 2. The molecule has 1 aliphatic carbocycles. The van der Waals surface area contributed by atoms with E-state index >= 15 is 0 Å². The topological polar surface area (TPSA) is 61.0 Å². The zero-order valence-electron chi connectivity index (χ0n) is 9.76. The van der Waals surface area contributed by atoms with Gasteiger partial charge in [0.15, 0.2) is 0 Å². The molecular formula is C12H17N3OS. The number of hydrogen-bond acceptors (Lipinski definition) is 5. The summed E-state index contributed by atoms with van der Waals surface area (Å²) in [6.07, 6.45) is 5.16. The third-order valence-corrected chi connectivity index (χ3v) is 4.17. The van der Waals surface area contributed by atoms with E-state index in [-0.39, 0.29) is 0 Å². The Morgan fingerprint density at radius 2 is 2.24 bits per heavy atom. The summed E-state index contributed by atoms with van der Waals surface area (Å²) in [7, 11) is 0. The second-order valence-corrected chi connectivity index (χ2v) is 5.75. The van der Waals surface area contributed by atoms with Gasteiger partial charge in [-0.3, -0.25) is 0 Å². The van der Waals surface area contributed by atoms with Crippen molar-refractivity contribution in [2.75, 3.05) is 18.1 Å². The van der Waals surface area contributed by atoms with E-state index in [0.717, 1.165) is 23.2 Å². The lowest BCUT2D eigenvalue weighted by Crippen LogP contribution is -2.08. The summed E-state index contributed by atoms with van der Waals surface area (Å²) in [5.74, 6) is 3.05. The zero-order chi connectivity index (χ0) is 11.7. The molecule has 0 bridgehead atoms. The first-order valence-electron chi connectivity index (χ1n) is 6.20. The zero-order valence-corrected chi connectivity index (χ0v) is 10.6. The molecule has 2 fully saturated rings. The van der Waals surface area contributed by atoms with Crippen LogP contribution in [0.2, 0.25) is 0 Å². The summed E-state index contributed by atoms with van der Waals surface area (Å²) in [4.78, 5) is 8.87. The normalized spacial score (nSPS) is 24.1. The lowest BCUT2D eigenvalue weighted by molar-refractivity contribution is 0.129. The standard InChI is InChI=1S/C12H17N3OS/c13-10-6-11(15-12(14-10)8-3-4-8)17-7-9-2-1-5-16-9/h6,8-9H,1-5,7H2,(H2,13,14,15). The third-order valence-electron chi connectivity index (χ3n) is 3.12. The van der Waals surface area contributed by atoms with Crippen molar-refractivity contribution in [1.29, 1.82) is 0 Å². The van der Waals surface area contributed by atoms with E-state index in [1.165, 1.54) is 25.7 Å². The van der Waals surface area contributed by atoms with Gasteiger partial charge in [0.1, 0.15) is 16.7 Å². The second kappa shape index (κ2) is 4.82. The maximum atomic E-state index is 5.81. The van der Waals surface area contributed by atoms with Crippen molar-refractivity contribution in [3.63, 3.8) is 0 Å². The Bertz CT molecular complexity index is 403. The quantitative estimate of drug-likeness (QED) is 0.656. The van der Waals surface area contributed by atoms with Gasteiger partial charge in [0.05, 0.1) is 6.10 Å². The molecular weight excluding hydrogens is 234 g/mol. The van der Waals surface area contributed by atoms with Crippen molar-refractivity contribution >= 4 is 17.6 Å². The van der Waals surface area contributed by atoms with Gasteiger partial charge < -0.3 is 10.5 Å². The van der Waals surface area contributed by atoms with E-state index in [1.54, 1.807) is 11.8 Å². The summed E-state index contributed by atoms with van der Waals surface area (Å²) in [5.41, 5.74) is 5.81. The molecule has 2 heterocycles. The highest BCUT2D eigenvalue weighted by atomic mass is 32.2. The lowest BCUT2D eigenvalue weighted by atomic mass is 10.3. The molecule has 4 nitrogen and oxygen atoms in total. The van der Waals surface area contributed by atoms with Crippen LogP contribution >= 0.6 is 11.8 Å². The third kappa shape index (κ3) is 2.90. The van der Waals surface area contributed by atoms with E-state index in [2.05, 4.69) is 9.97 Å². The molecule has 92 valence electrons. The Hall–Kier alpha value is -0.810. The SMILES string of the molecule is Nc1cc(SCC2CCCO2)nc(C2CC2)n1. The maximum Gasteiger partial charge on any atom is 0.135 e. The van der Waals surface area contributed by atoms with Gasteiger partial charge in [0.2, 0.25) is 0 Å². The molecule has 1 saturated heterocycles. The molecule has 0 aromatic carbocycles. The van der Waals surface area contributed by atoms with Crippen LogP contribution in [0.15, 0.2) is 11.1 Å². The molecule has 1 unspecified atom stereocenters. The van der Waals surface area contributed by atoms with E-state index in [4.69, 9.17) is 10.5 Å². The Labute approximate surface area is 105 Å². The number of nitrogens with two attached hydrogens (primary N) is 1. The van der Waals surface area contributed by atoms with Crippen molar-refractivity contribution < 1.29 is 4.74 Å². The molecule has 1 aliphatic heterocycles. The van der Waals surface area contributed by atoms with Crippen molar-refractivity contribution in [3.05, 3.63) is 11.9 Å². The van der Waals surface area contributed by atoms with Crippen LogP contribution in [0.4, 0.5) is 5.82 Å². The van der Waals surface area contributed by atoms with E-state index in [9.17, 15) is 0 Å². The fourth-order valence-corrected chi connectivity index (χ4v) is 3.00. The summed E-state index contributed by atoms with van der Waals surface area (Å²) in [5, 5.41) is 0.995. The minimum absolute atomic E-state index is 0.389. The van der Waals surface area contributed by atoms with E-state index in [0.29, 0.717) is 17.8 Å². The molecule has 5 heteroatoms. The Morgan fingerprint density at radius 3 is 2.94 bits per heavy atom. The van der Waals surface area contributed by atoms with Gasteiger partial charge in [-0.15, -0.1) is 11.8 Å². The smallest absolute Gasteiger partial charge is 0.135 e. The Morgan fingerprint density at radius 1 is 1.35 bits per heavy atom. The van der Waals surface area contributed by atoms with Crippen LogP contribution < -0.4 is 5.73 Å². The number of aromatic nitrogens is 2. The van der Waals surface area contributed by atoms with Crippen molar-refractivity contribution in [2.24, 2.45) is 0 Å². The molecule has 0 radical (unpaired) electrons. The molecule has 0 spiro atoms. The summed E-state index contributed by atoms with van der Waals surface area (Å²) in [6, 6.07) is 1.87. The maximum absolute atomic E-state index is 5.81. The van der Waals surface area contributed by atoms with E-state index in [1.807, 2.05) is 6.07 Å². The van der Waals surface area contributed by atoms with Crippen LogP contribution in [-0.2, 0) is 4.74 Å².